The van der Waals surface area contributed by atoms with E-state index in [2.05, 4.69) is 21.4 Å². The zero-order chi connectivity index (χ0) is 10.5. The van der Waals surface area contributed by atoms with Gasteiger partial charge in [0.2, 0.25) is 5.95 Å². The fraction of sp³-hybridized carbons (Fsp3) is 0.400. The minimum absolute atomic E-state index is 0.494. The quantitative estimate of drug-likeness (QED) is 0.603. The van der Waals surface area contributed by atoms with Gasteiger partial charge in [-0.25, -0.2) is 9.97 Å². The van der Waals surface area contributed by atoms with E-state index in [1.807, 2.05) is 0 Å². The van der Waals surface area contributed by atoms with Crippen LogP contribution >= 0.6 is 0 Å². The Morgan fingerprint density at radius 3 is 3.13 bits per heavy atom. The number of hydrogen-bond donors (Lipinski definition) is 1. The van der Waals surface area contributed by atoms with E-state index < -0.39 is 5.95 Å². The molecule has 0 atom stereocenters. The molecule has 1 aromatic rings. The van der Waals surface area contributed by atoms with Crippen LogP contribution in [-0.2, 0) is 4.74 Å². The van der Waals surface area contributed by atoms with Crippen molar-refractivity contribution in [1.29, 1.82) is 0 Å². The van der Waals surface area contributed by atoms with E-state index in [1.165, 1.54) is 18.0 Å². The Labute approximate surface area is 87.2 Å². The normalized spacial score (nSPS) is 15.9. The number of ether oxygens (including phenoxy) is 1. The first-order valence-electron chi connectivity index (χ1n) is 4.81. The van der Waals surface area contributed by atoms with Gasteiger partial charge in [-0.3, -0.25) is 0 Å². The fourth-order valence-corrected chi connectivity index (χ4v) is 1.37. The maximum absolute atomic E-state index is 12.7. The lowest BCUT2D eigenvalue weighted by Gasteiger charge is -2.14. The van der Waals surface area contributed by atoms with Crippen LogP contribution in [0.5, 0.6) is 0 Å². The number of rotatable bonds is 3. The van der Waals surface area contributed by atoms with Gasteiger partial charge in [0.05, 0.1) is 13.2 Å². The van der Waals surface area contributed by atoms with Gasteiger partial charge < -0.3 is 10.1 Å². The predicted octanol–water partition coefficient (Wildman–Crippen LogP) is 1.37. The molecule has 5 heteroatoms. The van der Waals surface area contributed by atoms with Gasteiger partial charge in [-0.2, -0.15) is 4.39 Å². The van der Waals surface area contributed by atoms with E-state index in [1.54, 1.807) is 0 Å². The molecule has 0 saturated carbocycles. The van der Waals surface area contributed by atoms with Gasteiger partial charge in [-0.15, -0.1) is 0 Å². The number of aromatic nitrogens is 2. The van der Waals surface area contributed by atoms with E-state index in [0.29, 0.717) is 19.0 Å². The van der Waals surface area contributed by atoms with Gasteiger partial charge >= 0.3 is 0 Å². The first-order chi connectivity index (χ1) is 7.34. The Bertz CT molecular complexity index is 367. The highest BCUT2D eigenvalue weighted by Crippen LogP contribution is 2.08. The maximum atomic E-state index is 12.7. The Hall–Kier alpha value is -1.49. The predicted molar refractivity (Wildman–Crippen MR) is 54.0 cm³/mol. The minimum Gasteiger partial charge on any atom is -0.377 e. The summed E-state index contributed by atoms with van der Waals surface area (Å²) in [6.45, 7) is 2.06. The molecule has 0 aromatic carbocycles. The van der Waals surface area contributed by atoms with Crippen molar-refractivity contribution in [3.8, 4) is 0 Å². The summed E-state index contributed by atoms with van der Waals surface area (Å²) >= 11 is 0. The molecular formula is C10H12FN3O. The zero-order valence-electron chi connectivity index (χ0n) is 8.24. The number of halogens is 1. The van der Waals surface area contributed by atoms with Crippen molar-refractivity contribution in [2.75, 3.05) is 25.1 Å². The van der Waals surface area contributed by atoms with Crippen molar-refractivity contribution in [2.45, 2.75) is 6.42 Å². The molecule has 2 heterocycles. The average molecular weight is 209 g/mol. The minimum atomic E-state index is -0.527. The SMILES string of the molecule is Fc1cc(NCC2=CCCOC2)ncn1. The zero-order valence-corrected chi connectivity index (χ0v) is 8.24. The van der Waals surface area contributed by atoms with Crippen LogP contribution in [0.3, 0.4) is 0 Å². The molecule has 0 fully saturated rings. The molecule has 0 spiro atoms. The monoisotopic (exact) mass is 209 g/mol. The molecule has 0 amide bonds. The van der Waals surface area contributed by atoms with Crippen molar-refractivity contribution in [3.05, 3.63) is 30.0 Å². The Morgan fingerprint density at radius 1 is 1.47 bits per heavy atom. The van der Waals surface area contributed by atoms with Gasteiger partial charge in [0.15, 0.2) is 0 Å². The third-order valence-corrected chi connectivity index (χ3v) is 2.11. The first-order valence-corrected chi connectivity index (χ1v) is 4.81. The standard InChI is InChI=1S/C10H12FN3O/c11-9-4-10(14-7-13-9)12-5-8-2-1-3-15-6-8/h2,4,7H,1,3,5-6H2,(H,12,13,14). The number of nitrogens with zero attached hydrogens (tertiary/aromatic N) is 2. The summed E-state index contributed by atoms with van der Waals surface area (Å²) in [7, 11) is 0. The molecule has 0 radical (unpaired) electrons. The molecule has 2 rings (SSSR count). The molecule has 0 aliphatic carbocycles. The molecular weight excluding hydrogens is 197 g/mol. The van der Waals surface area contributed by atoms with E-state index in [0.717, 1.165) is 13.0 Å². The highest BCUT2D eigenvalue weighted by molar-refractivity contribution is 5.34. The third kappa shape index (κ3) is 2.99. The first kappa shape index (κ1) is 10.0. The van der Waals surface area contributed by atoms with Crippen LogP contribution in [0.1, 0.15) is 6.42 Å². The van der Waals surface area contributed by atoms with Crippen LogP contribution in [0.25, 0.3) is 0 Å². The Balaban J connectivity index is 1.90. The highest BCUT2D eigenvalue weighted by Gasteiger charge is 2.04. The van der Waals surface area contributed by atoms with Crippen LogP contribution < -0.4 is 5.32 Å². The largest absolute Gasteiger partial charge is 0.377 e. The second-order valence-electron chi connectivity index (χ2n) is 3.28. The molecule has 1 aliphatic heterocycles. The Kier molecular flexibility index (Phi) is 3.24. The lowest BCUT2D eigenvalue weighted by Crippen LogP contribution is -2.14. The Morgan fingerprint density at radius 2 is 2.40 bits per heavy atom. The van der Waals surface area contributed by atoms with Crippen LogP contribution in [0, 0.1) is 5.95 Å². The van der Waals surface area contributed by atoms with Crippen molar-refractivity contribution < 1.29 is 9.13 Å². The lowest BCUT2D eigenvalue weighted by molar-refractivity contribution is 0.150. The van der Waals surface area contributed by atoms with Crippen molar-refractivity contribution >= 4 is 5.82 Å². The van der Waals surface area contributed by atoms with Crippen molar-refractivity contribution in [2.24, 2.45) is 0 Å². The smallest absolute Gasteiger partial charge is 0.217 e. The summed E-state index contributed by atoms with van der Waals surface area (Å²) in [5, 5.41) is 3.02. The van der Waals surface area contributed by atoms with Gasteiger partial charge in [0.25, 0.3) is 0 Å². The van der Waals surface area contributed by atoms with Gasteiger partial charge in [-0.1, -0.05) is 6.08 Å². The third-order valence-electron chi connectivity index (χ3n) is 2.11. The highest BCUT2D eigenvalue weighted by atomic mass is 19.1. The summed E-state index contributed by atoms with van der Waals surface area (Å²) in [5.41, 5.74) is 1.17. The molecule has 0 saturated heterocycles. The van der Waals surface area contributed by atoms with Crippen molar-refractivity contribution in [3.63, 3.8) is 0 Å². The molecule has 15 heavy (non-hydrogen) atoms. The van der Waals surface area contributed by atoms with Gasteiger partial charge in [0.1, 0.15) is 12.1 Å². The summed E-state index contributed by atoms with van der Waals surface area (Å²) in [4.78, 5) is 7.27. The molecule has 1 aromatic heterocycles. The summed E-state index contributed by atoms with van der Waals surface area (Å²) in [6, 6.07) is 1.27. The second kappa shape index (κ2) is 4.84. The van der Waals surface area contributed by atoms with Gasteiger partial charge in [0, 0.05) is 12.6 Å². The lowest BCUT2D eigenvalue weighted by atomic mass is 10.2. The van der Waals surface area contributed by atoms with Crippen LogP contribution in [-0.4, -0.2) is 29.7 Å². The molecule has 1 N–H and O–H groups in total. The summed E-state index contributed by atoms with van der Waals surface area (Å²) in [5.74, 6) is -0.0321. The van der Waals surface area contributed by atoms with E-state index in [-0.39, 0.29) is 0 Å². The van der Waals surface area contributed by atoms with E-state index >= 15 is 0 Å². The van der Waals surface area contributed by atoms with Crippen LogP contribution in [0.4, 0.5) is 10.2 Å². The van der Waals surface area contributed by atoms with E-state index in [4.69, 9.17) is 4.74 Å². The topological polar surface area (TPSA) is 47.0 Å². The molecule has 80 valence electrons. The molecule has 1 aliphatic rings. The molecule has 0 bridgehead atoms. The molecule has 4 nitrogen and oxygen atoms in total. The average Bonchev–Trinajstić information content (AvgIpc) is 2.28. The number of hydrogen-bond acceptors (Lipinski definition) is 4. The van der Waals surface area contributed by atoms with Gasteiger partial charge in [-0.05, 0) is 12.0 Å². The number of nitrogens with one attached hydrogen (secondary N) is 1. The van der Waals surface area contributed by atoms with Crippen LogP contribution in [0.15, 0.2) is 24.0 Å². The van der Waals surface area contributed by atoms with E-state index in [9.17, 15) is 4.39 Å². The van der Waals surface area contributed by atoms with Crippen LogP contribution in [0.2, 0.25) is 0 Å². The summed E-state index contributed by atoms with van der Waals surface area (Å²) in [6.07, 6.45) is 4.27. The number of anilines is 1. The van der Waals surface area contributed by atoms with Crippen molar-refractivity contribution in [1.82, 2.24) is 9.97 Å². The second-order valence-corrected chi connectivity index (χ2v) is 3.28. The fourth-order valence-electron chi connectivity index (χ4n) is 1.37. The maximum Gasteiger partial charge on any atom is 0.217 e. The summed E-state index contributed by atoms with van der Waals surface area (Å²) < 4.78 is 18.0. The molecule has 0 unspecified atom stereocenters.